The van der Waals surface area contributed by atoms with E-state index < -0.39 is 20.0 Å². The van der Waals surface area contributed by atoms with Gasteiger partial charge in [-0.3, -0.25) is 9.44 Å². The van der Waals surface area contributed by atoms with E-state index in [0.29, 0.717) is 5.69 Å². The molecule has 0 aliphatic heterocycles. The van der Waals surface area contributed by atoms with Gasteiger partial charge in [-0.1, -0.05) is 28.1 Å². The number of halogens is 1. The van der Waals surface area contributed by atoms with Gasteiger partial charge in [-0.2, -0.15) is 0 Å². The number of nitrogens with one attached hydrogen (secondary N) is 2. The molecule has 0 radical (unpaired) electrons. The first-order valence-corrected chi connectivity index (χ1v) is 11.9. The number of aryl methyl sites for hydroxylation is 1. The van der Waals surface area contributed by atoms with E-state index in [2.05, 4.69) is 25.4 Å². The standard InChI is InChI=1S/C19H17BrN2O4S2/c1-14-3-2-4-17(13-14)22-28(25,26)19-11-7-16(8-12-19)21-27(23,24)18-9-5-15(20)6-10-18/h2-13,21-22H,1H3. The highest BCUT2D eigenvalue weighted by atomic mass is 79.9. The van der Waals surface area contributed by atoms with Gasteiger partial charge in [0.15, 0.2) is 0 Å². The average Bonchev–Trinajstić information content (AvgIpc) is 2.62. The second-order valence-corrected chi connectivity index (χ2v) is 10.3. The Morgan fingerprint density at radius 3 is 1.71 bits per heavy atom. The number of hydrogen-bond acceptors (Lipinski definition) is 4. The molecule has 3 aromatic carbocycles. The first kappa shape index (κ1) is 20.4. The second kappa shape index (κ2) is 7.94. The van der Waals surface area contributed by atoms with Crippen molar-refractivity contribution < 1.29 is 16.8 Å². The Kier molecular flexibility index (Phi) is 5.78. The highest BCUT2D eigenvalue weighted by molar-refractivity contribution is 9.10. The van der Waals surface area contributed by atoms with Crippen molar-refractivity contribution in [3.8, 4) is 0 Å². The first-order valence-electron chi connectivity index (χ1n) is 8.14. The fraction of sp³-hybridized carbons (Fsp3) is 0.0526. The maximum Gasteiger partial charge on any atom is 0.261 e. The van der Waals surface area contributed by atoms with Crippen LogP contribution in [0.4, 0.5) is 11.4 Å². The van der Waals surface area contributed by atoms with Crippen molar-refractivity contribution in [2.24, 2.45) is 0 Å². The summed E-state index contributed by atoms with van der Waals surface area (Å²) in [7, 11) is -7.55. The summed E-state index contributed by atoms with van der Waals surface area (Å²) >= 11 is 3.26. The van der Waals surface area contributed by atoms with E-state index in [1.165, 1.54) is 36.4 Å². The third kappa shape index (κ3) is 4.92. The van der Waals surface area contributed by atoms with Crippen molar-refractivity contribution in [2.75, 3.05) is 9.44 Å². The molecule has 0 aliphatic carbocycles. The fourth-order valence-electron chi connectivity index (χ4n) is 2.45. The van der Waals surface area contributed by atoms with Gasteiger partial charge in [-0.25, -0.2) is 16.8 Å². The molecule has 0 unspecified atom stereocenters. The molecule has 0 heterocycles. The molecule has 0 aromatic heterocycles. The lowest BCUT2D eigenvalue weighted by Gasteiger charge is -2.11. The summed E-state index contributed by atoms with van der Waals surface area (Å²) in [5.41, 5.74) is 1.65. The summed E-state index contributed by atoms with van der Waals surface area (Å²) in [6.07, 6.45) is 0. The molecule has 28 heavy (non-hydrogen) atoms. The minimum absolute atomic E-state index is 0.0283. The molecule has 0 saturated carbocycles. The Balaban J connectivity index is 1.78. The lowest BCUT2D eigenvalue weighted by molar-refractivity contribution is 0.600. The molecular weight excluding hydrogens is 464 g/mol. The summed E-state index contributed by atoms with van der Waals surface area (Å²) in [5, 5.41) is 0. The third-order valence-electron chi connectivity index (χ3n) is 3.81. The van der Waals surface area contributed by atoms with E-state index in [0.717, 1.165) is 10.0 Å². The zero-order valence-electron chi connectivity index (χ0n) is 14.8. The van der Waals surface area contributed by atoms with Gasteiger partial charge < -0.3 is 0 Å². The molecule has 3 rings (SSSR count). The summed E-state index contributed by atoms with van der Waals surface area (Å²) in [6, 6.07) is 18.7. The van der Waals surface area contributed by atoms with E-state index in [4.69, 9.17) is 0 Å². The summed E-state index contributed by atoms with van der Waals surface area (Å²) in [4.78, 5) is 0.133. The summed E-state index contributed by atoms with van der Waals surface area (Å²) in [5.74, 6) is 0. The summed E-state index contributed by atoms with van der Waals surface area (Å²) < 4.78 is 55.5. The molecule has 146 valence electrons. The minimum atomic E-state index is -3.78. The maximum absolute atomic E-state index is 12.5. The van der Waals surface area contributed by atoms with Crippen molar-refractivity contribution in [1.82, 2.24) is 0 Å². The van der Waals surface area contributed by atoms with E-state index >= 15 is 0 Å². The zero-order chi connectivity index (χ0) is 20.4. The van der Waals surface area contributed by atoms with Gasteiger partial charge in [-0.05, 0) is 73.2 Å². The smallest absolute Gasteiger partial charge is 0.261 e. The van der Waals surface area contributed by atoms with Crippen LogP contribution in [0.1, 0.15) is 5.56 Å². The Bertz CT molecular complexity index is 1190. The molecule has 9 heteroatoms. The molecule has 0 aliphatic rings. The molecular formula is C19H17BrN2O4S2. The van der Waals surface area contributed by atoms with Crippen LogP contribution in [0, 0.1) is 6.92 Å². The van der Waals surface area contributed by atoms with Crippen LogP contribution in [-0.4, -0.2) is 16.8 Å². The fourth-order valence-corrected chi connectivity index (χ4v) is 4.83. The van der Waals surface area contributed by atoms with E-state index in [1.54, 1.807) is 30.3 Å². The maximum atomic E-state index is 12.5. The van der Waals surface area contributed by atoms with Gasteiger partial charge in [0.2, 0.25) is 0 Å². The minimum Gasteiger partial charge on any atom is -0.280 e. The number of benzene rings is 3. The van der Waals surface area contributed by atoms with Crippen LogP contribution in [0.2, 0.25) is 0 Å². The SMILES string of the molecule is Cc1cccc(NS(=O)(=O)c2ccc(NS(=O)(=O)c3ccc(Br)cc3)cc2)c1. The molecule has 3 aromatic rings. The largest absolute Gasteiger partial charge is 0.280 e. The monoisotopic (exact) mass is 480 g/mol. The number of sulfonamides is 2. The lowest BCUT2D eigenvalue weighted by atomic mass is 10.2. The molecule has 0 spiro atoms. The van der Waals surface area contributed by atoms with Gasteiger partial charge in [0.25, 0.3) is 20.0 Å². The van der Waals surface area contributed by atoms with E-state index in [-0.39, 0.29) is 15.5 Å². The van der Waals surface area contributed by atoms with Gasteiger partial charge in [0, 0.05) is 15.8 Å². The summed E-state index contributed by atoms with van der Waals surface area (Å²) in [6.45, 7) is 1.87. The van der Waals surface area contributed by atoms with Crippen LogP contribution in [0.5, 0.6) is 0 Å². The molecule has 0 amide bonds. The molecule has 2 N–H and O–H groups in total. The van der Waals surface area contributed by atoms with E-state index in [1.807, 2.05) is 13.0 Å². The molecule has 0 saturated heterocycles. The van der Waals surface area contributed by atoms with Crippen molar-refractivity contribution in [3.63, 3.8) is 0 Å². The molecule has 0 atom stereocenters. The predicted molar refractivity (Wildman–Crippen MR) is 113 cm³/mol. The van der Waals surface area contributed by atoms with Crippen molar-refractivity contribution in [3.05, 3.63) is 82.8 Å². The highest BCUT2D eigenvalue weighted by Crippen LogP contribution is 2.22. The predicted octanol–water partition coefficient (Wildman–Crippen LogP) is 4.36. The topological polar surface area (TPSA) is 92.3 Å². The highest BCUT2D eigenvalue weighted by Gasteiger charge is 2.17. The second-order valence-electron chi connectivity index (χ2n) is 6.06. The Morgan fingerprint density at radius 1 is 0.679 bits per heavy atom. The van der Waals surface area contributed by atoms with Gasteiger partial charge in [-0.15, -0.1) is 0 Å². The van der Waals surface area contributed by atoms with Crippen molar-refractivity contribution >= 4 is 47.4 Å². The van der Waals surface area contributed by atoms with Crippen molar-refractivity contribution in [2.45, 2.75) is 16.7 Å². The van der Waals surface area contributed by atoms with Crippen LogP contribution < -0.4 is 9.44 Å². The zero-order valence-corrected chi connectivity index (χ0v) is 18.0. The Morgan fingerprint density at radius 2 is 1.18 bits per heavy atom. The van der Waals surface area contributed by atoms with Crippen LogP contribution in [0.25, 0.3) is 0 Å². The van der Waals surface area contributed by atoms with Crippen molar-refractivity contribution in [1.29, 1.82) is 0 Å². The van der Waals surface area contributed by atoms with Gasteiger partial charge in [0.05, 0.1) is 9.79 Å². The first-order chi connectivity index (χ1) is 13.2. The van der Waals surface area contributed by atoms with Crippen LogP contribution in [0.3, 0.4) is 0 Å². The Hall–Kier alpha value is -2.36. The number of hydrogen-bond donors (Lipinski definition) is 2. The molecule has 0 fully saturated rings. The van der Waals surface area contributed by atoms with Crippen LogP contribution >= 0.6 is 15.9 Å². The van der Waals surface area contributed by atoms with Crippen LogP contribution in [0.15, 0.2) is 87.1 Å². The average molecular weight is 481 g/mol. The molecule has 0 bridgehead atoms. The van der Waals surface area contributed by atoms with E-state index in [9.17, 15) is 16.8 Å². The molecule has 6 nitrogen and oxygen atoms in total. The van der Waals surface area contributed by atoms with Crippen LogP contribution in [-0.2, 0) is 20.0 Å². The Labute approximate surface area is 172 Å². The number of anilines is 2. The normalized spacial score (nSPS) is 11.8. The van der Waals surface area contributed by atoms with Gasteiger partial charge >= 0.3 is 0 Å². The quantitative estimate of drug-likeness (QED) is 0.547. The lowest BCUT2D eigenvalue weighted by Crippen LogP contribution is -2.14. The number of rotatable bonds is 6. The van der Waals surface area contributed by atoms with Gasteiger partial charge in [0.1, 0.15) is 0 Å². The third-order valence-corrected chi connectivity index (χ3v) is 7.13.